The predicted octanol–water partition coefficient (Wildman–Crippen LogP) is 2.98. The average Bonchev–Trinajstić information content (AvgIpc) is 2.31. The summed E-state index contributed by atoms with van der Waals surface area (Å²) in [6, 6.07) is 0. The number of allylic oxidation sites excluding steroid dienone is 4. The third kappa shape index (κ3) is 5.41. The van der Waals surface area contributed by atoms with Crippen LogP contribution in [0.2, 0.25) is 0 Å². The molecule has 0 aliphatic carbocycles. The summed E-state index contributed by atoms with van der Waals surface area (Å²) in [6.45, 7) is 11.2. The molecule has 0 aromatic rings. The van der Waals surface area contributed by atoms with Crippen molar-refractivity contribution >= 4 is 6.21 Å². The molecule has 2 nitrogen and oxygen atoms in total. The monoisotopic (exact) mass is 223 g/mol. The fourth-order valence-corrected chi connectivity index (χ4v) is 0.818. The standard InChI is InChI=1S/C13H18FNO/c1-5-15-8-13(14)12(4)11(3)7-6-10(2)9-16/h6-8,16H,2-3,5,9H2,1,4H3. The first-order valence-corrected chi connectivity index (χ1v) is 5.05. The van der Waals surface area contributed by atoms with Crippen LogP contribution in [0.5, 0.6) is 0 Å². The molecular weight excluding hydrogens is 205 g/mol. The summed E-state index contributed by atoms with van der Waals surface area (Å²) in [6.07, 6.45) is 4.42. The highest BCUT2D eigenvalue weighted by Crippen LogP contribution is 2.14. The number of aliphatic imine (C=N–C) groups is 1. The summed E-state index contributed by atoms with van der Waals surface area (Å²) in [5.74, 6) is -0.397. The average molecular weight is 223 g/mol. The Balaban J connectivity index is 4.67. The van der Waals surface area contributed by atoms with Gasteiger partial charge in [-0.15, -0.1) is 0 Å². The highest BCUT2D eigenvalue weighted by molar-refractivity contribution is 5.78. The number of aliphatic hydroxyl groups is 1. The van der Waals surface area contributed by atoms with Crippen LogP contribution >= 0.6 is 0 Å². The molecule has 3 heteroatoms. The molecule has 0 spiro atoms. The molecule has 0 aliphatic rings. The quantitative estimate of drug-likeness (QED) is 0.545. The van der Waals surface area contributed by atoms with E-state index in [0.29, 0.717) is 23.3 Å². The van der Waals surface area contributed by atoms with Crippen LogP contribution < -0.4 is 0 Å². The van der Waals surface area contributed by atoms with Crippen LogP contribution in [0.15, 0.2) is 52.8 Å². The topological polar surface area (TPSA) is 32.6 Å². The number of aliphatic hydroxyl groups excluding tert-OH is 1. The maximum Gasteiger partial charge on any atom is 0.144 e. The molecule has 16 heavy (non-hydrogen) atoms. The Morgan fingerprint density at radius 2 is 2.00 bits per heavy atom. The highest BCUT2D eigenvalue weighted by atomic mass is 19.1. The lowest BCUT2D eigenvalue weighted by atomic mass is 10.1. The fraction of sp³-hybridized carbons (Fsp3) is 0.308. The van der Waals surface area contributed by atoms with Gasteiger partial charge in [0.1, 0.15) is 5.83 Å². The molecule has 0 aromatic carbocycles. The lowest BCUT2D eigenvalue weighted by molar-refractivity contribution is 0.335. The van der Waals surface area contributed by atoms with Gasteiger partial charge in [0.2, 0.25) is 0 Å². The van der Waals surface area contributed by atoms with Crippen molar-refractivity contribution in [3.05, 3.63) is 47.9 Å². The van der Waals surface area contributed by atoms with Gasteiger partial charge in [-0.3, -0.25) is 4.99 Å². The SMILES string of the molecule is C=C(C=CC(=C)C(C)=C(F)C=NCC)CO. The first-order chi connectivity index (χ1) is 7.52. The van der Waals surface area contributed by atoms with E-state index in [4.69, 9.17) is 5.11 Å². The normalized spacial score (nSPS) is 13.2. The van der Waals surface area contributed by atoms with E-state index in [1.807, 2.05) is 6.92 Å². The maximum atomic E-state index is 13.4. The summed E-state index contributed by atoms with van der Waals surface area (Å²) in [4.78, 5) is 3.81. The van der Waals surface area contributed by atoms with Crippen molar-refractivity contribution in [3.8, 4) is 0 Å². The first kappa shape index (κ1) is 14.5. The largest absolute Gasteiger partial charge is 0.392 e. The summed E-state index contributed by atoms with van der Waals surface area (Å²) in [5.41, 5.74) is 1.52. The minimum absolute atomic E-state index is 0.119. The van der Waals surface area contributed by atoms with E-state index in [1.165, 1.54) is 6.21 Å². The van der Waals surface area contributed by atoms with Gasteiger partial charge in [-0.1, -0.05) is 25.3 Å². The molecule has 0 saturated carbocycles. The second-order valence-corrected chi connectivity index (χ2v) is 3.28. The summed E-state index contributed by atoms with van der Waals surface area (Å²) >= 11 is 0. The Bertz CT molecular complexity index is 351. The second kappa shape index (κ2) is 7.77. The van der Waals surface area contributed by atoms with Gasteiger partial charge in [0.15, 0.2) is 0 Å². The van der Waals surface area contributed by atoms with Gasteiger partial charge in [0, 0.05) is 6.54 Å². The van der Waals surface area contributed by atoms with Crippen molar-refractivity contribution in [3.63, 3.8) is 0 Å². The van der Waals surface area contributed by atoms with Gasteiger partial charge in [-0.05, 0) is 30.6 Å². The zero-order valence-electron chi connectivity index (χ0n) is 9.83. The Labute approximate surface area is 96.2 Å². The van der Waals surface area contributed by atoms with Crippen LogP contribution in [0, 0.1) is 0 Å². The summed E-state index contributed by atoms with van der Waals surface area (Å²) < 4.78 is 13.4. The van der Waals surface area contributed by atoms with Crippen molar-refractivity contribution in [2.45, 2.75) is 13.8 Å². The van der Waals surface area contributed by atoms with Gasteiger partial charge in [-0.25, -0.2) is 4.39 Å². The molecule has 0 radical (unpaired) electrons. The van der Waals surface area contributed by atoms with Crippen molar-refractivity contribution in [1.29, 1.82) is 0 Å². The number of hydrogen-bond donors (Lipinski definition) is 1. The number of rotatable bonds is 6. The fourth-order valence-electron chi connectivity index (χ4n) is 0.818. The third-order valence-corrected chi connectivity index (χ3v) is 1.95. The number of hydrogen-bond acceptors (Lipinski definition) is 2. The molecular formula is C13H18FNO. The van der Waals surface area contributed by atoms with Crippen molar-refractivity contribution in [1.82, 2.24) is 0 Å². The molecule has 0 aromatic heterocycles. The minimum atomic E-state index is -0.397. The molecule has 0 rings (SSSR count). The first-order valence-electron chi connectivity index (χ1n) is 5.05. The van der Waals surface area contributed by atoms with Gasteiger partial charge < -0.3 is 5.11 Å². The van der Waals surface area contributed by atoms with Gasteiger partial charge >= 0.3 is 0 Å². The van der Waals surface area contributed by atoms with Crippen molar-refractivity contribution < 1.29 is 9.50 Å². The Hall–Kier alpha value is -1.48. The van der Waals surface area contributed by atoms with Crippen molar-refractivity contribution in [2.24, 2.45) is 4.99 Å². The molecule has 0 saturated heterocycles. The maximum absolute atomic E-state index is 13.4. The van der Waals surface area contributed by atoms with Crippen LogP contribution in [0.4, 0.5) is 4.39 Å². The van der Waals surface area contributed by atoms with E-state index in [0.717, 1.165) is 0 Å². The lowest BCUT2D eigenvalue weighted by Crippen LogP contribution is -1.88. The minimum Gasteiger partial charge on any atom is -0.392 e. The Morgan fingerprint density at radius 1 is 1.38 bits per heavy atom. The van der Waals surface area contributed by atoms with Gasteiger partial charge in [0.05, 0.1) is 12.8 Å². The zero-order valence-corrected chi connectivity index (χ0v) is 9.83. The number of nitrogens with zero attached hydrogens (tertiary/aromatic N) is 1. The molecule has 0 heterocycles. The van der Waals surface area contributed by atoms with E-state index in [-0.39, 0.29) is 6.61 Å². The van der Waals surface area contributed by atoms with Crippen LogP contribution in [0.3, 0.4) is 0 Å². The Morgan fingerprint density at radius 3 is 2.50 bits per heavy atom. The molecule has 1 N–H and O–H groups in total. The molecule has 0 amide bonds. The van der Waals surface area contributed by atoms with Gasteiger partial charge in [-0.2, -0.15) is 0 Å². The van der Waals surface area contributed by atoms with E-state index < -0.39 is 5.83 Å². The van der Waals surface area contributed by atoms with E-state index in [1.54, 1.807) is 19.1 Å². The van der Waals surface area contributed by atoms with Crippen molar-refractivity contribution in [2.75, 3.05) is 13.2 Å². The van der Waals surface area contributed by atoms with Crippen LogP contribution in [-0.2, 0) is 0 Å². The lowest BCUT2D eigenvalue weighted by Gasteiger charge is -2.01. The molecule has 0 unspecified atom stereocenters. The summed E-state index contributed by atoms with van der Waals surface area (Å²) in [5, 5.41) is 8.72. The summed E-state index contributed by atoms with van der Waals surface area (Å²) in [7, 11) is 0. The molecule has 88 valence electrons. The molecule has 0 fully saturated rings. The van der Waals surface area contributed by atoms with E-state index in [2.05, 4.69) is 18.2 Å². The van der Waals surface area contributed by atoms with Crippen LogP contribution in [0.25, 0.3) is 0 Å². The molecule has 0 bridgehead atoms. The van der Waals surface area contributed by atoms with E-state index >= 15 is 0 Å². The van der Waals surface area contributed by atoms with Gasteiger partial charge in [0.25, 0.3) is 0 Å². The predicted molar refractivity (Wildman–Crippen MR) is 67.3 cm³/mol. The Kier molecular flexibility index (Phi) is 7.05. The van der Waals surface area contributed by atoms with E-state index in [9.17, 15) is 4.39 Å². The van der Waals surface area contributed by atoms with Crippen LogP contribution in [0.1, 0.15) is 13.8 Å². The third-order valence-electron chi connectivity index (χ3n) is 1.95. The molecule has 0 aliphatic heterocycles. The molecule has 0 atom stereocenters. The zero-order chi connectivity index (χ0) is 12.6. The smallest absolute Gasteiger partial charge is 0.144 e. The second-order valence-electron chi connectivity index (χ2n) is 3.28. The van der Waals surface area contributed by atoms with Crippen LogP contribution in [-0.4, -0.2) is 24.5 Å². The highest BCUT2D eigenvalue weighted by Gasteiger charge is 2.00. The number of halogens is 1.